The maximum Gasteiger partial charge on any atom is 0.144 e. The van der Waals surface area contributed by atoms with Crippen molar-refractivity contribution in [1.82, 2.24) is 4.98 Å². The van der Waals surface area contributed by atoms with Gasteiger partial charge in [-0.15, -0.1) is 0 Å². The molecule has 1 heterocycles. The van der Waals surface area contributed by atoms with Crippen molar-refractivity contribution in [2.24, 2.45) is 4.40 Å². The molecule has 1 atom stereocenters. The van der Waals surface area contributed by atoms with Gasteiger partial charge in [0, 0.05) is 22.4 Å². The first kappa shape index (κ1) is 13.7. The molecule has 0 N–H and O–H groups in total. The molecule has 0 aliphatic carbocycles. The molecule has 0 radical (unpaired) electrons. The molecule has 0 spiro atoms. The van der Waals surface area contributed by atoms with Crippen LogP contribution in [0.1, 0.15) is 33.3 Å². The maximum absolute atomic E-state index is 11.8. The van der Waals surface area contributed by atoms with E-state index in [1.54, 1.807) is 12.4 Å². The summed E-state index contributed by atoms with van der Waals surface area (Å²) in [5, 5.41) is 0. The molecular weight excluding hydrogens is 288 g/mol. The Morgan fingerprint density at radius 2 is 2.06 bits per heavy atom. The molecule has 0 saturated carbocycles. The van der Waals surface area contributed by atoms with Crippen LogP contribution in [-0.4, -0.2) is 20.0 Å². The first-order valence-corrected chi connectivity index (χ1v) is 6.79. The van der Waals surface area contributed by atoms with Gasteiger partial charge in [0.05, 0.1) is 5.71 Å². The second kappa shape index (κ2) is 5.29. The summed E-state index contributed by atoms with van der Waals surface area (Å²) >= 11 is 2.11. The normalized spacial score (nSPS) is 15.0. The smallest absolute Gasteiger partial charge is 0.144 e. The van der Waals surface area contributed by atoms with Gasteiger partial charge in [0.15, 0.2) is 0 Å². The van der Waals surface area contributed by atoms with E-state index >= 15 is 0 Å². The SMILES string of the molecule is C/C(=N\[S@+]([O-])C(C)(C)C)c1cncc(Br)c1. The van der Waals surface area contributed by atoms with Crippen LogP contribution in [0.3, 0.4) is 0 Å². The van der Waals surface area contributed by atoms with Crippen LogP contribution in [-0.2, 0) is 11.4 Å². The molecule has 0 fully saturated rings. The van der Waals surface area contributed by atoms with Crippen molar-refractivity contribution in [2.75, 3.05) is 0 Å². The molecule has 0 unspecified atom stereocenters. The van der Waals surface area contributed by atoms with E-state index in [0.717, 1.165) is 15.7 Å². The molecule has 0 amide bonds. The maximum atomic E-state index is 11.8. The fourth-order valence-corrected chi connectivity index (χ4v) is 1.92. The summed E-state index contributed by atoms with van der Waals surface area (Å²) in [5.74, 6) is 0. The van der Waals surface area contributed by atoms with Gasteiger partial charge >= 0.3 is 0 Å². The third-order valence-corrected chi connectivity index (χ3v) is 3.79. The standard InChI is InChI=1S/C11H15BrN2OS/c1-8(14-16(15)11(2,3)4)9-5-10(12)7-13-6-9/h5-7H,1-4H3/b14-8+/t16-/m1/s1. The largest absolute Gasteiger partial charge is 0.591 e. The Balaban J connectivity index is 2.94. The Bertz CT molecular complexity index is 401. The van der Waals surface area contributed by atoms with Crippen LogP contribution >= 0.6 is 15.9 Å². The Kier molecular flexibility index (Phi) is 4.52. The second-order valence-electron chi connectivity index (χ2n) is 4.43. The fraction of sp³-hybridized carbons (Fsp3) is 0.455. The van der Waals surface area contributed by atoms with Crippen molar-refractivity contribution in [1.29, 1.82) is 0 Å². The molecule has 1 rings (SSSR count). The fourth-order valence-electron chi connectivity index (χ4n) is 0.924. The number of nitrogens with zero attached hydrogens (tertiary/aromatic N) is 2. The van der Waals surface area contributed by atoms with E-state index in [4.69, 9.17) is 0 Å². The lowest BCUT2D eigenvalue weighted by Crippen LogP contribution is -2.26. The summed E-state index contributed by atoms with van der Waals surface area (Å²) in [6.45, 7) is 7.55. The summed E-state index contributed by atoms with van der Waals surface area (Å²) in [6.07, 6.45) is 3.42. The average molecular weight is 303 g/mol. The molecule has 0 bridgehead atoms. The van der Waals surface area contributed by atoms with Crippen molar-refractivity contribution in [2.45, 2.75) is 32.4 Å². The van der Waals surface area contributed by atoms with Crippen molar-refractivity contribution in [3.63, 3.8) is 0 Å². The summed E-state index contributed by atoms with van der Waals surface area (Å²) in [7, 11) is 0. The van der Waals surface area contributed by atoms with Crippen molar-refractivity contribution >= 4 is 33.0 Å². The molecular formula is C11H15BrN2OS. The summed E-state index contributed by atoms with van der Waals surface area (Å²) < 4.78 is 16.6. The number of aromatic nitrogens is 1. The summed E-state index contributed by atoms with van der Waals surface area (Å²) in [4.78, 5) is 4.05. The third kappa shape index (κ3) is 3.88. The molecule has 0 saturated heterocycles. The van der Waals surface area contributed by atoms with Crippen LogP contribution in [0.15, 0.2) is 27.3 Å². The zero-order valence-electron chi connectivity index (χ0n) is 9.82. The summed E-state index contributed by atoms with van der Waals surface area (Å²) in [6, 6.07) is 1.91. The highest BCUT2D eigenvalue weighted by Gasteiger charge is 2.26. The van der Waals surface area contributed by atoms with Crippen molar-refractivity contribution < 1.29 is 4.55 Å². The van der Waals surface area contributed by atoms with Gasteiger partial charge < -0.3 is 4.55 Å². The lowest BCUT2D eigenvalue weighted by atomic mass is 10.2. The lowest BCUT2D eigenvalue weighted by molar-refractivity contribution is 0.561. The molecule has 5 heteroatoms. The van der Waals surface area contributed by atoms with Crippen LogP contribution in [0.5, 0.6) is 0 Å². The van der Waals surface area contributed by atoms with Crippen LogP contribution in [0, 0.1) is 0 Å². The van der Waals surface area contributed by atoms with E-state index in [9.17, 15) is 4.55 Å². The van der Waals surface area contributed by atoms with Crippen LogP contribution in [0.25, 0.3) is 0 Å². The molecule has 0 aliphatic heterocycles. The molecule has 0 aliphatic rings. The van der Waals surface area contributed by atoms with E-state index in [2.05, 4.69) is 25.3 Å². The van der Waals surface area contributed by atoms with Crippen molar-refractivity contribution in [3.05, 3.63) is 28.5 Å². The predicted octanol–water partition coefficient (Wildman–Crippen LogP) is 3.12. The quantitative estimate of drug-likeness (QED) is 0.622. The van der Waals surface area contributed by atoms with Gasteiger partial charge in [-0.1, -0.05) is 4.40 Å². The van der Waals surface area contributed by atoms with Gasteiger partial charge in [-0.2, -0.15) is 0 Å². The second-order valence-corrected chi connectivity index (χ2v) is 7.25. The minimum atomic E-state index is -1.23. The molecule has 3 nitrogen and oxygen atoms in total. The van der Waals surface area contributed by atoms with E-state index in [1.165, 1.54) is 0 Å². The number of hydrogen-bond donors (Lipinski definition) is 0. The number of pyridine rings is 1. The zero-order valence-corrected chi connectivity index (χ0v) is 12.2. The first-order chi connectivity index (χ1) is 7.30. The molecule has 1 aromatic heterocycles. The molecule has 1 aromatic rings. The van der Waals surface area contributed by atoms with Crippen molar-refractivity contribution in [3.8, 4) is 0 Å². The van der Waals surface area contributed by atoms with Gasteiger partial charge in [-0.05, 0) is 49.7 Å². The first-order valence-electron chi connectivity index (χ1n) is 4.89. The number of hydrogen-bond acceptors (Lipinski definition) is 3. The van der Waals surface area contributed by atoms with Crippen LogP contribution in [0.2, 0.25) is 0 Å². The monoisotopic (exact) mass is 302 g/mol. The molecule has 88 valence electrons. The van der Waals surface area contributed by atoms with E-state index in [-0.39, 0.29) is 4.75 Å². The summed E-state index contributed by atoms with van der Waals surface area (Å²) in [5.41, 5.74) is 1.62. The van der Waals surface area contributed by atoms with Gasteiger partial charge in [0.1, 0.15) is 16.1 Å². The number of halogens is 1. The van der Waals surface area contributed by atoms with Gasteiger partial charge in [-0.3, -0.25) is 4.98 Å². The Hall–Kier alpha value is -0.390. The molecule has 0 aromatic carbocycles. The predicted molar refractivity (Wildman–Crippen MR) is 72.0 cm³/mol. The Morgan fingerprint density at radius 1 is 1.44 bits per heavy atom. The highest BCUT2D eigenvalue weighted by Crippen LogP contribution is 2.19. The Labute approximate surface area is 108 Å². The third-order valence-electron chi connectivity index (χ3n) is 1.87. The van der Waals surface area contributed by atoms with Crippen LogP contribution < -0.4 is 0 Å². The average Bonchev–Trinajstić information content (AvgIpc) is 2.16. The minimum Gasteiger partial charge on any atom is -0.591 e. The van der Waals surface area contributed by atoms with E-state index in [1.807, 2.05) is 33.8 Å². The molecule has 16 heavy (non-hydrogen) atoms. The zero-order chi connectivity index (χ0) is 12.3. The highest BCUT2D eigenvalue weighted by molar-refractivity contribution is 9.10. The Morgan fingerprint density at radius 3 is 2.56 bits per heavy atom. The van der Waals surface area contributed by atoms with Crippen LogP contribution in [0.4, 0.5) is 0 Å². The van der Waals surface area contributed by atoms with E-state index in [0.29, 0.717) is 0 Å². The van der Waals surface area contributed by atoms with Gasteiger partial charge in [0.2, 0.25) is 0 Å². The lowest BCUT2D eigenvalue weighted by Gasteiger charge is -2.18. The number of rotatable bonds is 2. The van der Waals surface area contributed by atoms with E-state index < -0.39 is 11.4 Å². The van der Waals surface area contributed by atoms with Gasteiger partial charge in [0.25, 0.3) is 0 Å². The minimum absolute atomic E-state index is 0.333. The highest BCUT2D eigenvalue weighted by atomic mass is 79.9. The topological polar surface area (TPSA) is 48.3 Å². The van der Waals surface area contributed by atoms with Gasteiger partial charge in [-0.25, -0.2) is 0 Å².